The number of hydrogen-bond donors (Lipinski definition) is 1. The van der Waals surface area contributed by atoms with Gasteiger partial charge in [-0.1, -0.05) is 0 Å². The highest BCUT2D eigenvalue weighted by atomic mass is 19.1. The average molecular weight is 256 g/mol. The van der Waals surface area contributed by atoms with E-state index >= 15 is 0 Å². The Bertz CT molecular complexity index is 434. The third-order valence-electron chi connectivity index (χ3n) is 2.68. The SMILES string of the molecule is O=C(CN1CCOCC1)Nc1ccc(F)cc1F. The van der Waals surface area contributed by atoms with Gasteiger partial charge in [0.15, 0.2) is 0 Å². The Hall–Kier alpha value is -1.53. The number of nitrogens with zero attached hydrogens (tertiary/aromatic N) is 1. The molecule has 2 rings (SSSR count). The van der Waals surface area contributed by atoms with Crippen molar-refractivity contribution in [3.8, 4) is 0 Å². The molecule has 0 aliphatic carbocycles. The van der Waals surface area contributed by atoms with E-state index in [2.05, 4.69) is 5.32 Å². The molecule has 1 fully saturated rings. The molecule has 1 aliphatic heterocycles. The Labute approximate surface area is 104 Å². The van der Waals surface area contributed by atoms with E-state index in [1.807, 2.05) is 4.90 Å². The number of ether oxygens (including phenoxy) is 1. The van der Waals surface area contributed by atoms with Crippen LogP contribution in [0.15, 0.2) is 18.2 Å². The summed E-state index contributed by atoms with van der Waals surface area (Å²) in [5.74, 6) is -1.76. The highest BCUT2D eigenvalue weighted by molar-refractivity contribution is 5.92. The molecular weight excluding hydrogens is 242 g/mol. The molecule has 1 heterocycles. The zero-order valence-electron chi connectivity index (χ0n) is 9.79. The summed E-state index contributed by atoms with van der Waals surface area (Å²) in [4.78, 5) is 13.6. The molecule has 98 valence electrons. The van der Waals surface area contributed by atoms with Gasteiger partial charge in [0.2, 0.25) is 5.91 Å². The molecule has 18 heavy (non-hydrogen) atoms. The van der Waals surface area contributed by atoms with E-state index in [0.29, 0.717) is 26.3 Å². The van der Waals surface area contributed by atoms with Crippen LogP contribution in [0, 0.1) is 11.6 Å². The summed E-state index contributed by atoms with van der Waals surface area (Å²) in [6.07, 6.45) is 0. The Balaban J connectivity index is 1.90. The maximum atomic E-state index is 13.3. The number of rotatable bonds is 3. The maximum Gasteiger partial charge on any atom is 0.238 e. The normalized spacial score (nSPS) is 16.6. The fraction of sp³-hybridized carbons (Fsp3) is 0.417. The molecule has 0 saturated carbocycles. The van der Waals surface area contributed by atoms with Crippen LogP contribution in [0.2, 0.25) is 0 Å². The van der Waals surface area contributed by atoms with Crippen LogP contribution < -0.4 is 5.32 Å². The number of amides is 1. The number of halogens is 2. The van der Waals surface area contributed by atoms with Crippen molar-refractivity contribution in [3.05, 3.63) is 29.8 Å². The van der Waals surface area contributed by atoms with Gasteiger partial charge >= 0.3 is 0 Å². The molecule has 1 aromatic rings. The van der Waals surface area contributed by atoms with E-state index in [0.717, 1.165) is 12.1 Å². The lowest BCUT2D eigenvalue weighted by atomic mass is 10.3. The van der Waals surface area contributed by atoms with Crippen LogP contribution in [0.4, 0.5) is 14.5 Å². The summed E-state index contributed by atoms with van der Waals surface area (Å²) in [5.41, 5.74) is -0.00494. The molecule has 0 unspecified atom stereocenters. The fourth-order valence-electron chi connectivity index (χ4n) is 1.74. The van der Waals surface area contributed by atoms with E-state index in [4.69, 9.17) is 4.74 Å². The van der Waals surface area contributed by atoms with Crippen LogP contribution in [0.3, 0.4) is 0 Å². The summed E-state index contributed by atoms with van der Waals surface area (Å²) in [7, 11) is 0. The van der Waals surface area contributed by atoms with Crippen LogP contribution in [0.1, 0.15) is 0 Å². The van der Waals surface area contributed by atoms with Crippen LogP contribution in [-0.2, 0) is 9.53 Å². The Morgan fingerprint density at radius 2 is 2.06 bits per heavy atom. The molecule has 0 spiro atoms. The van der Waals surface area contributed by atoms with Crippen molar-refractivity contribution >= 4 is 11.6 Å². The van der Waals surface area contributed by atoms with Gasteiger partial charge < -0.3 is 10.1 Å². The number of carbonyl (C=O) groups is 1. The van der Waals surface area contributed by atoms with Crippen molar-refractivity contribution in [2.24, 2.45) is 0 Å². The first-order valence-electron chi connectivity index (χ1n) is 5.70. The topological polar surface area (TPSA) is 41.6 Å². The van der Waals surface area contributed by atoms with E-state index in [-0.39, 0.29) is 18.1 Å². The van der Waals surface area contributed by atoms with Crippen LogP contribution in [-0.4, -0.2) is 43.7 Å². The van der Waals surface area contributed by atoms with Gasteiger partial charge in [0.25, 0.3) is 0 Å². The summed E-state index contributed by atoms with van der Waals surface area (Å²) >= 11 is 0. The van der Waals surface area contributed by atoms with Gasteiger partial charge in [-0.2, -0.15) is 0 Å². The molecule has 1 N–H and O–H groups in total. The molecule has 1 aliphatic rings. The number of anilines is 1. The molecule has 0 atom stereocenters. The van der Waals surface area contributed by atoms with Gasteiger partial charge in [-0.15, -0.1) is 0 Å². The summed E-state index contributed by atoms with van der Waals surface area (Å²) in [6, 6.07) is 3.06. The Morgan fingerprint density at radius 3 is 2.72 bits per heavy atom. The van der Waals surface area contributed by atoms with Crippen molar-refractivity contribution in [2.75, 3.05) is 38.2 Å². The summed E-state index contributed by atoms with van der Waals surface area (Å²) in [5, 5.41) is 2.42. The third kappa shape index (κ3) is 3.48. The minimum absolute atomic E-state index is 0.00494. The lowest BCUT2D eigenvalue weighted by Gasteiger charge is -2.25. The largest absolute Gasteiger partial charge is 0.379 e. The first-order chi connectivity index (χ1) is 8.65. The molecule has 0 bridgehead atoms. The lowest BCUT2D eigenvalue weighted by molar-refractivity contribution is -0.118. The zero-order valence-corrected chi connectivity index (χ0v) is 9.79. The van der Waals surface area contributed by atoms with Gasteiger partial charge in [-0.3, -0.25) is 9.69 Å². The molecular formula is C12H14F2N2O2. The highest BCUT2D eigenvalue weighted by Crippen LogP contribution is 2.14. The van der Waals surface area contributed by atoms with Gasteiger partial charge in [0.05, 0.1) is 25.4 Å². The molecule has 4 nitrogen and oxygen atoms in total. The Kier molecular flexibility index (Phi) is 4.22. The van der Waals surface area contributed by atoms with Gasteiger partial charge in [-0.25, -0.2) is 8.78 Å². The van der Waals surface area contributed by atoms with E-state index in [1.54, 1.807) is 0 Å². The minimum atomic E-state index is -0.773. The van der Waals surface area contributed by atoms with Gasteiger partial charge in [0, 0.05) is 19.2 Å². The van der Waals surface area contributed by atoms with Crippen LogP contribution in [0.25, 0.3) is 0 Å². The second kappa shape index (κ2) is 5.88. The molecule has 0 aromatic heterocycles. The van der Waals surface area contributed by atoms with E-state index < -0.39 is 11.6 Å². The van der Waals surface area contributed by atoms with Crippen molar-refractivity contribution in [1.82, 2.24) is 4.90 Å². The monoisotopic (exact) mass is 256 g/mol. The lowest BCUT2D eigenvalue weighted by Crippen LogP contribution is -2.41. The second-order valence-electron chi connectivity index (χ2n) is 4.06. The third-order valence-corrected chi connectivity index (χ3v) is 2.68. The maximum absolute atomic E-state index is 13.3. The highest BCUT2D eigenvalue weighted by Gasteiger charge is 2.15. The van der Waals surface area contributed by atoms with Crippen molar-refractivity contribution in [3.63, 3.8) is 0 Å². The molecule has 1 saturated heterocycles. The Morgan fingerprint density at radius 1 is 1.33 bits per heavy atom. The van der Waals surface area contributed by atoms with Gasteiger partial charge in [-0.05, 0) is 12.1 Å². The summed E-state index contributed by atoms with van der Waals surface area (Å²) < 4.78 is 31.1. The smallest absolute Gasteiger partial charge is 0.238 e. The number of hydrogen-bond acceptors (Lipinski definition) is 3. The predicted octanol–water partition coefficient (Wildman–Crippen LogP) is 1.24. The van der Waals surface area contributed by atoms with E-state index in [9.17, 15) is 13.6 Å². The predicted molar refractivity (Wildman–Crippen MR) is 62.2 cm³/mol. The van der Waals surface area contributed by atoms with Gasteiger partial charge in [0.1, 0.15) is 11.6 Å². The fourth-order valence-corrected chi connectivity index (χ4v) is 1.74. The first-order valence-corrected chi connectivity index (χ1v) is 5.70. The number of morpholine rings is 1. The first kappa shape index (κ1) is 12.9. The zero-order chi connectivity index (χ0) is 13.0. The molecule has 1 aromatic carbocycles. The minimum Gasteiger partial charge on any atom is -0.379 e. The molecule has 1 amide bonds. The van der Waals surface area contributed by atoms with Crippen molar-refractivity contribution in [2.45, 2.75) is 0 Å². The molecule has 0 radical (unpaired) electrons. The number of nitrogens with one attached hydrogen (secondary N) is 1. The average Bonchev–Trinajstić information content (AvgIpc) is 2.34. The second-order valence-corrected chi connectivity index (χ2v) is 4.06. The van der Waals surface area contributed by atoms with Crippen LogP contribution in [0.5, 0.6) is 0 Å². The quantitative estimate of drug-likeness (QED) is 0.884. The summed E-state index contributed by atoms with van der Waals surface area (Å²) in [6.45, 7) is 2.73. The molecule has 6 heteroatoms. The van der Waals surface area contributed by atoms with Crippen molar-refractivity contribution < 1.29 is 18.3 Å². The standard InChI is InChI=1S/C12H14F2N2O2/c13-9-1-2-11(10(14)7-9)15-12(17)8-16-3-5-18-6-4-16/h1-2,7H,3-6,8H2,(H,15,17). The van der Waals surface area contributed by atoms with E-state index in [1.165, 1.54) is 6.07 Å². The van der Waals surface area contributed by atoms with Crippen molar-refractivity contribution in [1.29, 1.82) is 0 Å². The van der Waals surface area contributed by atoms with Crippen LogP contribution >= 0.6 is 0 Å². The number of carbonyl (C=O) groups excluding carboxylic acids is 1. The number of benzene rings is 1.